The Balaban J connectivity index is 4.12. The van der Waals surface area contributed by atoms with E-state index in [1.807, 2.05) is 0 Å². The Bertz CT molecular complexity index is 412. The Hall–Kier alpha value is -1.38. The van der Waals surface area contributed by atoms with Crippen LogP contribution in [0.3, 0.4) is 0 Å². The fourth-order valence-electron chi connectivity index (χ4n) is 1.90. The van der Waals surface area contributed by atoms with Crippen molar-refractivity contribution in [2.75, 3.05) is 32.9 Å². The zero-order valence-electron chi connectivity index (χ0n) is 16.7. The number of rotatable bonds is 14. The molecule has 0 spiro atoms. The molecule has 0 bridgehead atoms. The quantitative estimate of drug-likeness (QED) is 0.349. The first-order valence-corrected chi connectivity index (χ1v) is 9.21. The molecule has 0 amide bonds. The summed E-state index contributed by atoms with van der Waals surface area (Å²) in [6.45, 7) is 8.80. The largest absolute Gasteiger partial charge is 0.508 e. The molecule has 26 heavy (non-hydrogen) atoms. The highest BCUT2D eigenvalue weighted by molar-refractivity contribution is 5.78. The maximum absolute atomic E-state index is 12.0. The molecule has 0 aromatic carbocycles. The van der Waals surface area contributed by atoms with Crippen molar-refractivity contribution in [1.82, 2.24) is 0 Å². The molecule has 0 saturated heterocycles. The molecule has 0 aliphatic rings. The van der Waals surface area contributed by atoms with Gasteiger partial charge in [-0.1, -0.05) is 0 Å². The highest BCUT2D eigenvalue weighted by Gasteiger charge is 2.32. The average Bonchev–Trinajstić information content (AvgIpc) is 2.54. The summed E-state index contributed by atoms with van der Waals surface area (Å²) in [5.74, 6) is -0.424. The lowest BCUT2D eigenvalue weighted by Gasteiger charge is -2.28. The number of carbonyl (C=O) groups excluding carboxylic acids is 2. The third kappa shape index (κ3) is 12.1. The van der Waals surface area contributed by atoms with E-state index in [1.165, 1.54) is 0 Å². The smallest absolute Gasteiger partial charge is 0.464 e. The van der Waals surface area contributed by atoms with Crippen LogP contribution in [0.15, 0.2) is 0 Å². The maximum atomic E-state index is 12.0. The van der Waals surface area contributed by atoms with Gasteiger partial charge in [-0.15, -0.1) is 0 Å². The Morgan fingerprint density at radius 2 is 1.35 bits per heavy atom. The summed E-state index contributed by atoms with van der Waals surface area (Å²) in [5, 5.41) is 0. The lowest BCUT2D eigenvalue weighted by Crippen LogP contribution is -2.39. The van der Waals surface area contributed by atoms with Crippen LogP contribution in [0.5, 0.6) is 0 Å². The molecule has 0 fully saturated rings. The highest BCUT2D eigenvalue weighted by Crippen LogP contribution is 2.19. The van der Waals surface area contributed by atoms with Crippen molar-refractivity contribution >= 4 is 12.1 Å². The van der Waals surface area contributed by atoms with Crippen molar-refractivity contribution in [1.29, 1.82) is 0 Å². The van der Waals surface area contributed by atoms with Gasteiger partial charge in [-0.3, -0.25) is 0 Å². The van der Waals surface area contributed by atoms with Crippen molar-refractivity contribution in [2.24, 2.45) is 11.5 Å². The number of carbonyl (C=O) groups is 2. The third-order valence-corrected chi connectivity index (χ3v) is 3.67. The standard InChI is InChI=1S/C18H36N2O6/c1-17(2,26-16(22)24-13-8-6-11-20)9-14-25-18(3,4)15(21)23-12-7-5-10-19/h5-14,19-20H2,1-4H3. The van der Waals surface area contributed by atoms with E-state index >= 15 is 0 Å². The van der Waals surface area contributed by atoms with E-state index in [0.717, 1.165) is 19.3 Å². The van der Waals surface area contributed by atoms with Gasteiger partial charge in [0, 0.05) is 6.42 Å². The lowest BCUT2D eigenvalue weighted by atomic mass is 10.1. The second-order valence-corrected chi connectivity index (χ2v) is 7.20. The van der Waals surface area contributed by atoms with Gasteiger partial charge in [0.15, 0.2) is 5.60 Å². The van der Waals surface area contributed by atoms with Gasteiger partial charge >= 0.3 is 12.1 Å². The lowest BCUT2D eigenvalue weighted by molar-refractivity contribution is -0.170. The zero-order valence-corrected chi connectivity index (χ0v) is 16.7. The van der Waals surface area contributed by atoms with Crippen LogP contribution in [0.2, 0.25) is 0 Å². The van der Waals surface area contributed by atoms with Crippen molar-refractivity contribution in [2.45, 2.75) is 71.0 Å². The monoisotopic (exact) mass is 376 g/mol. The molecular formula is C18H36N2O6. The average molecular weight is 376 g/mol. The fourth-order valence-corrected chi connectivity index (χ4v) is 1.90. The molecule has 0 aliphatic heterocycles. The van der Waals surface area contributed by atoms with Crippen LogP contribution in [0.25, 0.3) is 0 Å². The number of ether oxygens (including phenoxy) is 4. The highest BCUT2D eigenvalue weighted by atomic mass is 16.7. The normalized spacial score (nSPS) is 11.9. The summed E-state index contributed by atoms with van der Waals surface area (Å²) in [6, 6.07) is 0. The van der Waals surface area contributed by atoms with E-state index < -0.39 is 23.3 Å². The molecule has 0 radical (unpaired) electrons. The predicted molar refractivity (Wildman–Crippen MR) is 98.7 cm³/mol. The van der Waals surface area contributed by atoms with Crippen LogP contribution >= 0.6 is 0 Å². The summed E-state index contributed by atoms with van der Waals surface area (Å²) >= 11 is 0. The first-order chi connectivity index (χ1) is 12.1. The summed E-state index contributed by atoms with van der Waals surface area (Å²) in [7, 11) is 0. The van der Waals surface area contributed by atoms with Crippen molar-refractivity contribution in [3.05, 3.63) is 0 Å². The molecule has 0 rings (SSSR count). The molecule has 154 valence electrons. The van der Waals surface area contributed by atoms with E-state index in [2.05, 4.69) is 0 Å². The third-order valence-electron chi connectivity index (χ3n) is 3.67. The van der Waals surface area contributed by atoms with E-state index in [4.69, 9.17) is 30.4 Å². The molecule has 0 saturated carbocycles. The molecule has 4 N–H and O–H groups in total. The van der Waals surface area contributed by atoms with Gasteiger partial charge in [0.25, 0.3) is 0 Å². The molecule has 0 atom stereocenters. The molecule has 0 aliphatic carbocycles. The summed E-state index contributed by atoms with van der Waals surface area (Å²) in [5.41, 5.74) is 8.93. The van der Waals surface area contributed by atoms with Crippen LogP contribution in [0, 0.1) is 0 Å². The Morgan fingerprint density at radius 1 is 0.808 bits per heavy atom. The van der Waals surface area contributed by atoms with Gasteiger partial charge in [-0.05, 0) is 66.5 Å². The van der Waals surface area contributed by atoms with Crippen LogP contribution in [0.1, 0.15) is 59.8 Å². The second kappa shape index (κ2) is 12.9. The van der Waals surface area contributed by atoms with Gasteiger partial charge in [-0.2, -0.15) is 0 Å². The maximum Gasteiger partial charge on any atom is 0.508 e. The number of unbranched alkanes of at least 4 members (excludes halogenated alkanes) is 2. The van der Waals surface area contributed by atoms with Crippen LogP contribution in [-0.4, -0.2) is 56.2 Å². The molecule has 0 unspecified atom stereocenters. The predicted octanol–water partition coefficient (Wildman–Crippen LogP) is 2.12. The number of hydrogen-bond donors (Lipinski definition) is 2. The van der Waals surface area contributed by atoms with Gasteiger partial charge in [0.2, 0.25) is 0 Å². The molecule has 0 heterocycles. The Labute approximate surface area is 156 Å². The van der Waals surface area contributed by atoms with E-state index in [-0.39, 0.29) is 13.2 Å². The molecule has 8 heteroatoms. The molecule has 0 aromatic rings. The van der Waals surface area contributed by atoms with Crippen LogP contribution in [0.4, 0.5) is 4.79 Å². The van der Waals surface area contributed by atoms with Crippen molar-refractivity contribution in [3.63, 3.8) is 0 Å². The minimum Gasteiger partial charge on any atom is -0.464 e. The van der Waals surface area contributed by atoms with Crippen LogP contribution in [-0.2, 0) is 23.7 Å². The fraction of sp³-hybridized carbons (Fsp3) is 0.889. The topological polar surface area (TPSA) is 123 Å². The van der Waals surface area contributed by atoms with Gasteiger partial charge in [0.05, 0.1) is 19.8 Å². The van der Waals surface area contributed by atoms with E-state index in [1.54, 1.807) is 27.7 Å². The summed E-state index contributed by atoms with van der Waals surface area (Å²) < 4.78 is 21.1. The second-order valence-electron chi connectivity index (χ2n) is 7.20. The minimum atomic E-state index is -1.07. The minimum absolute atomic E-state index is 0.234. The number of esters is 1. The zero-order chi connectivity index (χ0) is 20.1. The number of nitrogens with two attached hydrogens (primary N) is 2. The van der Waals surface area contributed by atoms with Gasteiger partial charge in [0.1, 0.15) is 5.60 Å². The Kier molecular flexibility index (Phi) is 12.2. The summed E-state index contributed by atoms with van der Waals surface area (Å²) in [6.07, 6.45) is 2.73. The van der Waals surface area contributed by atoms with Crippen molar-refractivity contribution < 1.29 is 28.5 Å². The van der Waals surface area contributed by atoms with Crippen molar-refractivity contribution in [3.8, 4) is 0 Å². The first-order valence-electron chi connectivity index (χ1n) is 9.21. The first kappa shape index (κ1) is 24.6. The SMILES string of the molecule is CC(C)(CCOC(C)(C)C(=O)OCCCCN)OC(=O)OCCCCN. The number of hydrogen-bond acceptors (Lipinski definition) is 8. The summed E-state index contributed by atoms with van der Waals surface area (Å²) in [4.78, 5) is 23.7. The van der Waals surface area contributed by atoms with E-state index in [9.17, 15) is 9.59 Å². The van der Waals surface area contributed by atoms with E-state index in [0.29, 0.717) is 32.5 Å². The molecular weight excluding hydrogens is 340 g/mol. The Morgan fingerprint density at radius 3 is 1.88 bits per heavy atom. The van der Waals surface area contributed by atoms with Gasteiger partial charge in [-0.25, -0.2) is 9.59 Å². The van der Waals surface area contributed by atoms with Crippen LogP contribution < -0.4 is 11.5 Å². The molecule has 0 aromatic heterocycles. The molecule has 8 nitrogen and oxygen atoms in total. The van der Waals surface area contributed by atoms with Gasteiger partial charge < -0.3 is 30.4 Å².